The lowest BCUT2D eigenvalue weighted by Crippen LogP contribution is -2.18. The van der Waals surface area contributed by atoms with Gasteiger partial charge in [0, 0.05) is 49.0 Å². The maximum Gasteiger partial charge on any atom is 0.336 e. The van der Waals surface area contributed by atoms with Crippen LogP contribution >= 0.6 is 23.1 Å². The third-order valence-electron chi connectivity index (χ3n) is 4.41. The van der Waals surface area contributed by atoms with Gasteiger partial charge in [-0.05, 0) is 30.5 Å². The fourth-order valence-electron chi connectivity index (χ4n) is 3.12. The summed E-state index contributed by atoms with van der Waals surface area (Å²) in [6.07, 6.45) is 2.42. The molecule has 1 fully saturated rings. The molecule has 8 nitrogen and oxygen atoms in total. The first-order valence-corrected chi connectivity index (χ1v) is 11.0. The van der Waals surface area contributed by atoms with Crippen LogP contribution in [0, 0.1) is 0 Å². The van der Waals surface area contributed by atoms with Crippen molar-refractivity contribution in [2.24, 2.45) is 0 Å². The third-order valence-corrected chi connectivity index (χ3v) is 6.48. The molecule has 152 valence electrons. The summed E-state index contributed by atoms with van der Waals surface area (Å²) in [5.41, 5.74) is 1.45. The van der Waals surface area contributed by atoms with Crippen molar-refractivity contribution in [2.45, 2.75) is 36.0 Å². The summed E-state index contributed by atoms with van der Waals surface area (Å²) in [4.78, 5) is 23.2. The highest BCUT2D eigenvalue weighted by atomic mass is 32.2. The minimum Gasteiger partial charge on any atom is -0.423 e. The first-order valence-electron chi connectivity index (χ1n) is 9.23. The van der Waals surface area contributed by atoms with Gasteiger partial charge in [0.05, 0.1) is 6.10 Å². The van der Waals surface area contributed by atoms with Gasteiger partial charge >= 0.3 is 5.63 Å². The van der Waals surface area contributed by atoms with Crippen molar-refractivity contribution in [1.82, 2.24) is 10.2 Å². The monoisotopic (exact) mass is 432 g/mol. The van der Waals surface area contributed by atoms with Crippen LogP contribution in [0.1, 0.15) is 25.3 Å². The minimum absolute atomic E-state index is 0.182. The van der Waals surface area contributed by atoms with E-state index in [-0.39, 0.29) is 12.0 Å². The number of ether oxygens (including phenoxy) is 1. The number of hydrogen-bond donors (Lipinski definition) is 2. The summed E-state index contributed by atoms with van der Waals surface area (Å²) in [6.45, 7) is 2.99. The predicted octanol–water partition coefficient (Wildman–Crippen LogP) is 3.49. The van der Waals surface area contributed by atoms with Gasteiger partial charge in [-0.25, -0.2) is 4.79 Å². The van der Waals surface area contributed by atoms with E-state index >= 15 is 0 Å². The van der Waals surface area contributed by atoms with E-state index in [4.69, 9.17) is 9.15 Å². The van der Waals surface area contributed by atoms with E-state index in [1.54, 1.807) is 12.1 Å². The molecule has 29 heavy (non-hydrogen) atoms. The highest BCUT2D eigenvalue weighted by Gasteiger charge is 2.16. The van der Waals surface area contributed by atoms with Crippen LogP contribution in [0.25, 0.3) is 11.0 Å². The zero-order valence-electron chi connectivity index (χ0n) is 15.8. The second-order valence-electron chi connectivity index (χ2n) is 6.66. The molecular weight excluding hydrogens is 412 g/mol. The van der Waals surface area contributed by atoms with Crippen LogP contribution < -0.4 is 16.3 Å². The molecule has 1 aromatic carbocycles. The van der Waals surface area contributed by atoms with Crippen LogP contribution in [0.3, 0.4) is 0 Å². The first-order chi connectivity index (χ1) is 14.1. The fraction of sp³-hybridized carbons (Fsp3) is 0.368. The Kier molecular flexibility index (Phi) is 6.12. The molecule has 1 atom stereocenters. The largest absolute Gasteiger partial charge is 0.423 e. The summed E-state index contributed by atoms with van der Waals surface area (Å²) in [6, 6.07) is 6.78. The van der Waals surface area contributed by atoms with Crippen molar-refractivity contribution in [3.63, 3.8) is 0 Å². The summed E-state index contributed by atoms with van der Waals surface area (Å²) >= 11 is 2.99. The number of aromatic nitrogens is 2. The Morgan fingerprint density at radius 1 is 1.34 bits per heavy atom. The van der Waals surface area contributed by atoms with E-state index < -0.39 is 5.63 Å². The average Bonchev–Trinajstić information content (AvgIpc) is 3.35. The molecule has 1 aliphatic heterocycles. The number of anilines is 2. The SMILES string of the molecule is CC(=O)Nc1ccc2c(CSc3nnc(NCC4CCCO4)s3)cc(=O)oc2c1. The van der Waals surface area contributed by atoms with E-state index in [0.29, 0.717) is 17.0 Å². The van der Waals surface area contributed by atoms with Crippen LogP contribution in [-0.4, -0.2) is 35.4 Å². The lowest BCUT2D eigenvalue weighted by atomic mass is 10.1. The Hall–Kier alpha value is -2.43. The first kappa shape index (κ1) is 19.9. The molecule has 4 rings (SSSR count). The second-order valence-corrected chi connectivity index (χ2v) is 8.86. The Bertz CT molecular complexity index is 1080. The number of thioether (sulfide) groups is 1. The maximum absolute atomic E-state index is 12.0. The molecular formula is C19H20N4O4S2. The van der Waals surface area contributed by atoms with Crippen LogP contribution in [0.2, 0.25) is 0 Å². The van der Waals surface area contributed by atoms with E-state index in [1.165, 1.54) is 36.1 Å². The zero-order chi connectivity index (χ0) is 20.2. The number of fused-ring (bicyclic) bond motifs is 1. The Morgan fingerprint density at radius 2 is 2.24 bits per heavy atom. The summed E-state index contributed by atoms with van der Waals surface area (Å²) in [7, 11) is 0. The van der Waals surface area contributed by atoms with Crippen LogP contribution in [-0.2, 0) is 15.3 Å². The normalized spacial score (nSPS) is 16.2. The smallest absolute Gasteiger partial charge is 0.336 e. The number of nitrogens with one attached hydrogen (secondary N) is 2. The molecule has 0 aliphatic carbocycles. The van der Waals surface area contributed by atoms with Gasteiger partial charge in [0.1, 0.15) is 5.58 Å². The molecule has 10 heteroatoms. The molecule has 1 saturated heterocycles. The van der Waals surface area contributed by atoms with Crippen molar-refractivity contribution in [2.75, 3.05) is 23.8 Å². The van der Waals surface area contributed by atoms with Crippen molar-refractivity contribution < 1.29 is 13.9 Å². The Labute approximate surface area is 175 Å². The van der Waals surface area contributed by atoms with Gasteiger partial charge in [-0.2, -0.15) is 0 Å². The lowest BCUT2D eigenvalue weighted by Gasteiger charge is -2.08. The Balaban J connectivity index is 1.44. The van der Waals surface area contributed by atoms with E-state index in [0.717, 1.165) is 46.4 Å². The van der Waals surface area contributed by atoms with Gasteiger partial charge in [-0.1, -0.05) is 23.1 Å². The zero-order valence-corrected chi connectivity index (χ0v) is 17.4. The summed E-state index contributed by atoms with van der Waals surface area (Å²) in [5.74, 6) is 0.376. The Morgan fingerprint density at radius 3 is 3.03 bits per heavy atom. The number of hydrogen-bond acceptors (Lipinski definition) is 9. The third kappa shape index (κ3) is 5.14. The lowest BCUT2D eigenvalue weighted by molar-refractivity contribution is -0.114. The molecule has 3 aromatic rings. The van der Waals surface area contributed by atoms with Gasteiger partial charge in [0.25, 0.3) is 0 Å². The molecule has 0 saturated carbocycles. The summed E-state index contributed by atoms with van der Waals surface area (Å²) in [5, 5.41) is 15.9. The number of amides is 1. The number of rotatable bonds is 7. The number of carbonyl (C=O) groups excluding carboxylic acids is 1. The number of carbonyl (C=O) groups is 1. The maximum atomic E-state index is 12.0. The molecule has 3 heterocycles. The molecule has 1 aliphatic rings. The highest BCUT2D eigenvalue weighted by molar-refractivity contribution is 8.00. The van der Waals surface area contributed by atoms with Crippen molar-refractivity contribution in [3.8, 4) is 0 Å². The van der Waals surface area contributed by atoms with E-state index in [9.17, 15) is 9.59 Å². The molecule has 2 aromatic heterocycles. The van der Waals surface area contributed by atoms with Gasteiger partial charge in [-0.3, -0.25) is 4.79 Å². The molecule has 1 unspecified atom stereocenters. The van der Waals surface area contributed by atoms with Crippen LogP contribution in [0.4, 0.5) is 10.8 Å². The minimum atomic E-state index is -0.427. The fourth-order valence-corrected chi connectivity index (χ4v) is 4.87. The van der Waals surface area contributed by atoms with Crippen molar-refractivity contribution >= 4 is 50.8 Å². The van der Waals surface area contributed by atoms with Gasteiger partial charge in [0.15, 0.2) is 4.34 Å². The molecule has 1 amide bonds. The standard InChI is InChI=1S/C19H20N4O4S2/c1-11(24)21-13-4-5-15-12(7-17(25)27-16(15)8-13)10-28-19-23-22-18(29-19)20-9-14-3-2-6-26-14/h4-5,7-8,14H,2-3,6,9-10H2,1H3,(H,20,22)(H,21,24). The van der Waals surface area contributed by atoms with Gasteiger partial charge < -0.3 is 19.8 Å². The topological polar surface area (TPSA) is 106 Å². The van der Waals surface area contributed by atoms with Gasteiger partial charge in [0.2, 0.25) is 11.0 Å². The second kappa shape index (κ2) is 8.93. The highest BCUT2D eigenvalue weighted by Crippen LogP contribution is 2.31. The van der Waals surface area contributed by atoms with Crippen LogP contribution in [0.15, 0.2) is 37.8 Å². The molecule has 0 bridgehead atoms. The van der Waals surface area contributed by atoms with Gasteiger partial charge in [-0.15, -0.1) is 10.2 Å². The van der Waals surface area contributed by atoms with Crippen molar-refractivity contribution in [3.05, 3.63) is 40.2 Å². The number of benzene rings is 1. The molecule has 0 radical (unpaired) electrons. The van der Waals surface area contributed by atoms with Crippen LogP contribution in [0.5, 0.6) is 0 Å². The average molecular weight is 433 g/mol. The van der Waals surface area contributed by atoms with E-state index in [2.05, 4.69) is 20.8 Å². The van der Waals surface area contributed by atoms with Crippen molar-refractivity contribution in [1.29, 1.82) is 0 Å². The quantitative estimate of drug-likeness (QED) is 0.432. The summed E-state index contributed by atoms with van der Waals surface area (Å²) < 4.78 is 11.7. The number of nitrogens with zero attached hydrogens (tertiary/aromatic N) is 2. The van der Waals surface area contributed by atoms with E-state index in [1.807, 2.05) is 6.07 Å². The molecule has 2 N–H and O–H groups in total. The molecule has 0 spiro atoms. The predicted molar refractivity (Wildman–Crippen MR) is 114 cm³/mol.